The van der Waals surface area contributed by atoms with Crippen LogP contribution in [0, 0.1) is 0 Å². The minimum atomic E-state index is -0.766. The number of esters is 1. The zero-order chi connectivity index (χ0) is 12.1. The number of hydrogen-bond acceptors (Lipinski definition) is 4. The van der Waals surface area contributed by atoms with Gasteiger partial charge in [-0.1, -0.05) is 12.1 Å². The Kier molecular flexibility index (Phi) is 7.30. The maximum atomic E-state index is 11.3. The number of phenols is 1. The molecule has 0 bridgehead atoms. The van der Waals surface area contributed by atoms with Crippen molar-refractivity contribution >= 4 is 41.9 Å². The van der Waals surface area contributed by atoms with Crippen LogP contribution in [-0.4, -0.2) is 28.2 Å². The lowest BCUT2D eigenvalue weighted by molar-refractivity contribution is -0.143. The summed E-state index contributed by atoms with van der Waals surface area (Å²) >= 11 is 11.1. The molecule has 0 aromatic heterocycles. The highest BCUT2D eigenvalue weighted by Gasteiger charge is 2.25. The number of methoxy groups -OCH3 is 1. The van der Waals surface area contributed by atoms with Gasteiger partial charge in [0.2, 0.25) is 0 Å². The van der Waals surface area contributed by atoms with E-state index in [1.165, 1.54) is 19.2 Å². The fourth-order valence-corrected chi connectivity index (χ4v) is 1.52. The lowest BCUT2D eigenvalue weighted by Gasteiger charge is -2.16. The molecule has 7 heteroatoms. The molecule has 0 heterocycles. The summed E-state index contributed by atoms with van der Waals surface area (Å²) < 4.78 is 5.33. The van der Waals surface area contributed by atoms with Gasteiger partial charge in [0.05, 0.1) is 7.11 Å². The molecular weight excluding hydrogens is 288 g/mol. The molecule has 1 unspecified atom stereocenters. The van der Waals surface area contributed by atoms with Gasteiger partial charge in [0, 0.05) is 6.42 Å². The third-order valence-electron chi connectivity index (χ3n) is 2.07. The van der Waals surface area contributed by atoms with Crippen molar-refractivity contribution in [3.05, 3.63) is 29.8 Å². The van der Waals surface area contributed by atoms with Crippen molar-refractivity contribution in [2.24, 2.45) is 0 Å². The standard InChI is InChI=1S/C10H11Cl2NO3.ClH/c1-16-10(15)9(13(11)12)6-7-2-4-8(14)5-3-7;/h2-5,9,14H,6H2,1H3;1H. The van der Waals surface area contributed by atoms with E-state index in [2.05, 4.69) is 4.74 Å². The second-order valence-corrected chi connectivity index (χ2v) is 4.07. The van der Waals surface area contributed by atoms with Gasteiger partial charge in [0.1, 0.15) is 11.8 Å². The van der Waals surface area contributed by atoms with E-state index in [4.69, 9.17) is 28.7 Å². The van der Waals surface area contributed by atoms with Crippen LogP contribution >= 0.6 is 36.0 Å². The average Bonchev–Trinajstić information content (AvgIpc) is 2.27. The predicted molar refractivity (Wildman–Crippen MR) is 68.4 cm³/mol. The topological polar surface area (TPSA) is 49.8 Å². The van der Waals surface area contributed by atoms with Crippen molar-refractivity contribution in [3.8, 4) is 5.75 Å². The zero-order valence-corrected chi connectivity index (χ0v) is 11.3. The van der Waals surface area contributed by atoms with Gasteiger partial charge in [-0.3, -0.25) is 4.79 Å². The number of aromatic hydroxyl groups is 1. The van der Waals surface area contributed by atoms with E-state index in [0.29, 0.717) is 6.42 Å². The minimum absolute atomic E-state index is 0. The van der Waals surface area contributed by atoms with Crippen LogP contribution in [0.25, 0.3) is 0 Å². The molecule has 0 aliphatic carbocycles. The maximum absolute atomic E-state index is 11.3. The van der Waals surface area contributed by atoms with Crippen molar-refractivity contribution in [1.29, 1.82) is 0 Å². The highest BCUT2D eigenvalue weighted by molar-refractivity contribution is 6.35. The highest BCUT2D eigenvalue weighted by atomic mass is 35.5. The van der Waals surface area contributed by atoms with E-state index in [1.807, 2.05) is 0 Å². The molecule has 0 saturated heterocycles. The summed E-state index contributed by atoms with van der Waals surface area (Å²) in [7, 11) is 1.27. The number of nitrogens with zero attached hydrogens (tertiary/aromatic N) is 1. The van der Waals surface area contributed by atoms with Gasteiger partial charge in [-0.2, -0.15) is 0 Å². The average molecular weight is 301 g/mol. The van der Waals surface area contributed by atoms with Gasteiger partial charge >= 0.3 is 5.97 Å². The second-order valence-electron chi connectivity index (χ2n) is 3.17. The first-order chi connectivity index (χ1) is 7.54. The molecule has 96 valence electrons. The number of carbonyl (C=O) groups excluding carboxylic acids is 1. The zero-order valence-electron chi connectivity index (χ0n) is 8.97. The first-order valence-corrected chi connectivity index (χ1v) is 5.18. The predicted octanol–water partition coefficient (Wildman–Crippen LogP) is 2.51. The number of benzene rings is 1. The van der Waals surface area contributed by atoms with E-state index in [9.17, 15) is 4.79 Å². The fourth-order valence-electron chi connectivity index (χ4n) is 1.22. The van der Waals surface area contributed by atoms with E-state index in [-0.39, 0.29) is 18.2 Å². The van der Waals surface area contributed by atoms with E-state index in [0.717, 1.165) is 9.50 Å². The fraction of sp³-hybridized carbons (Fsp3) is 0.300. The van der Waals surface area contributed by atoms with E-state index in [1.54, 1.807) is 12.1 Å². The van der Waals surface area contributed by atoms with Crippen molar-refractivity contribution in [2.75, 3.05) is 7.11 Å². The van der Waals surface area contributed by atoms with E-state index >= 15 is 0 Å². The van der Waals surface area contributed by atoms with Gasteiger partial charge in [-0.05, 0) is 41.2 Å². The molecule has 1 rings (SSSR count). The Morgan fingerprint density at radius 1 is 1.41 bits per heavy atom. The first-order valence-electron chi connectivity index (χ1n) is 4.51. The molecule has 0 saturated carbocycles. The summed E-state index contributed by atoms with van der Waals surface area (Å²) in [5, 5.41) is 9.10. The Labute approximate surface area is 116 Å². The smallest absolute Gasteiger partial charge is 0.326 e. The Morgan fingerprint density at radius 2 is 1.94 bits per heavy atom. The van der Waals surface area contributed by atoms with Crippen LogP contribution in [0.15, 0.2) is 24.3 Å². The van der Waals surface area contributed by atoms with Crippen LogP contribution < -0.4 is 0 Å². The summed E-state index contributed by atoms with van der Waals surface area (Å²) in [6.07, 6.45) is 0.306. The molecule has 0 radical (unpaired) electrons. The number of ether oxygens (including phenoxy) is 1. The molecule has 1 aromatic carbocycles. The molecule has 4 nitrogen and oxygen atoms in total. The number of hydrogen-bond donors (Lipinski definition) is 1. The first kappa shape index (κ1) is 16.3. The van der Waals surface area contributed by atoms with Gasteiger partial charge in [-0.25, -0.2) is 0 Å². The minimum Gasteiger partial charge on any atom is -0.508 e. The van der Waals surface area contributed by atoms with Gasteiger partial charge in [-0.15, -0.1) is 16.3 Å². The number of halogens is 3. The molecule has 1 N–H and O–H groups in total. The van der Waals surface area contributed by atoms with Crippen LogP contribution in [0.5, 0.6) is 5.75 Å². The third-order valence-corrected chi connectivity index (χ3v) is 2.55. The Hall–Kier alpha value is -0.680. The molecule has 0 spiro atoms. The Morgan fingerprint density at radius 3 is 2.35 bits per heavy atom. The number of phenolic OH excluding ortho intramolecular Hbond substituents is 1. The number of carbonyl (C=O) groups is 1. The monoisotopic (exact) mass is 299 g/mol. The molecule has 0 aliphatic rings. The molecule has 1 aromatic rings. The van der Waals surface area contributed by atoms with Gasteiger partial charge in [0.25, 0.3) is 0 Å². The third kappa shape index (κ3) is 5.00. The van der Waals surface area contributed by atoms with Crippen molar-refractivity contribution in [1.82, 2.24) is 3.94 Å². The van der Waals surface area contributed by atoms with Crippen LogP contribution in [0.3, 0.4) is 0 Å². The summed E-state index contributed by atoms with van der Waals surface area (Å²) in [5.41, 5.74) is 0.819. The van der Waals surface area contributed by atoms with Crippen LogP contribution in [0.2, 0.25) is 0 Å². The second kappa shape index (κ2) is 7.61. The van der Waals surface area contributed by atoms with Crippen molar-refractivity contribution < 1.29 is 14.6 Å². The van der Waals surface area contributed by atoms with Crippen molar-refractivity contribution in [2.45, 2.75) is 12.5 Å². The van der Waals surface area contributed by atoms with Gasteiger partial charge in [0.15, 0.2) is 0 Å². The lowest BCUT2D eigenvalue weighted by Crippen LogP contribution is -2.32. The van der Waals surface area contributed by atoms with Crippen LogP contribution in [0.4, 0.5) is 0 Å². The molecular formula is C10H12Cl3NO3. The summed E-state index contributed by atoms with van der Waals surface area (Å²) in [4.78, 5) is 11.3. The van der Waals surface area contributed by atoms with Crippen LogP contribution in [-0.2, 0) is 16.0 Å². The van der Waals surface area contributed by atoms with Crippen LogP contribution in [0.1, 0.15) is 5.56 Å². The molecule has 0 fully saturated rings. The molecule has 1 atom stereocenters. The number of rotatable bonds is 4. The normalized spacial score (nSPS) is 11.8. The SMILES string of the molecule is COC(=O)C(Cc1ccc(O)cc1)N(Cl)Cl.Cl. The largest absolute Gasteiger partial charge is 0.508 e. The summed E-state index contributed by atoms with van der Waals surface area (Å²) in [6, 6.07) is 5.65. The highest BCUT2D eigenvalue weighted by Crippen LogP contribution is 2.17. The molecule has 17 heavy (non-hydrogen) atoms. The molecule has 0 aliphatic heterocycles. The Balaban J connectivity index is 0.00000256. The van der Waals surface area contributed by atoms with E-state index < -0.39 is 12.0 Å². The maximum Gasteiger partial charge on any atom is 0.326 e. The van der Waals surface area contributed by atoms with Crippen molar-refractivity contribution in [3.63, 3.8) is 0 Å². The Bertz CT molecular complexity index is 356. The molecule has 0 amide bonds. The summed E-state index contributed by atoms with van der Waals surface area (Å²) in [5.74, 6) is -0.356. The van der Waals surface area contributed by atoms with Gasteiger partial charge < -0.3 is 9.84 Å². The quantitative estimate of drug-likeness (QED) is 0.686. The summed E-state index contributed by atoms with van der Waals surface area (Å²) in [6.45, 7) is 0. The lowest BCUT2D eigenvalue weighted by atomic mass is 10.1.